The van der Waals surface area contributed by atoms with Gasteiger partial charge in [0.1, 0.15) is 0 Å². The predicted molar refractivity (Wildman–Crippen MR) is 97.2 cm³/mol. The topological polar surface area (TPSA) is 20.2 Å². The molecule has 0 aromatic carbocycles. The molecule has 0 radical (unpaired) electrons. The van der Waals surface area contributed by atoms with Crippen molar-refractivity contribution in [2.75, 3.05) is 6.61 Å². The van der Waals surface area contributed by atoms with Gasteiger partial charge in [-0.15, -0.1) is 0 Å². The third kappa shape index (κ3) is 6.90. The van der Waals surface area contributed by atoms with Crippen molar-refractivity contribution < 1.29 is 62.2 Å². The van der Waals surface area contributed by atoms with E-state index in [1.165, 1.54) is 0 Å². The molecule has 0 saturated heterocycles. The Bertz CT molecular complexity index is 563. The maximum atomic E-state index is 13.8. The average molecular weight is 616 g/mol. The SMILES string of the molecule is OCCCCCCCCCC(I)CC(F)(F)C(F)(F)C(F)(F)C(F)(F)C(F)(F)C(F)(F)F. The van der Waals surface area contributed by atoms with Gasteiger partial charge in [0.2, 0.25) is 0 Å². The standard InChI is InChI=1S/C17H22F13IO/c18-12(19,10-11(31)8-6-4-2-1-3-5-7-9-32)13(20,21)14(22,23)15(24,25)16(26,27)17(28,29)30/h11,32H,1-10H2. The third-order valence-corrected chi connectivity index (χ3v) is 5.71. The molecule has 0 aliphatic heterocycles. The fourth-order valence-corrected chi connectivity index (χ4v) is 3.67. The van der Waals surface area contributed by atoms with Gasteiger partial charge >= 0.3 is 35.8 Å². The van der Waals surface area contributed by atoms with Gasteiger partial charge < -0.3 is 5.11 Å². The molecule has 1 N–H and O–H groups in total. The normalized spacial score (nSPS) is 15.8. The van der Waals surface area contributed by atoms with Crippen LogP contribution in [0, 0.1) is 0 Å². The number of hydrogen-bond donors (Lipinski definition) is 1. The van der Waals surface area contributed by atoms with E-state index in [0.717, 1.165) is 41.9 Å². The molecule has 0 amide bonds. The summed E-state index contributed by atoms with van der Waals surface area (Å²) in [6, 6.07) is 0. The molecule has 0 fully saturated rings. The molecule has 0 saturated carbocycles. The predicted octanol–water partition coefficient (Wildman–Crippen LogP) is 8.03. The highest BCUT2D eigenvalue weighted by Gasteiger charge is 2.90. The minimum absolute atomic E-state index is 0.0220. The number of halogens is 14. The molecule has 0 heterocycles. The van der Waals surface area contributed by atoms with Crippen LogP contribution in [0.15, 0.2) is 0 Å². The Morgan fingerprint density at radius 2 is 0.906 bits per heavy atom. The Kier molecular flexibility index (Phi) is 11.4. The van der Waals surface area contributed by atoms with E-state index >= 15 is 0 Å². The Morgan fingerprint density at radius 3 is 1.31 bits per heavy atom. The van der Waals surface area contributed by atoms with Crippen LogP contribution in [0.25, 0.3) is 0 Å². The van der Waals surface area contributed by atoms with Crippen LogP contribution in [-0.2, 0) is 0 Å². The largest absolute Gasteiger partial charge is 0.460 e. The monoisotopic (exact) mass is 616 g/mol. The van der Waals surface area contributed by atoms with Gasteiger partial charge in [-0.1, -0.05) is 61.1 Å². The van der Waals surface area contributed by atoms with Crippen molar-refractivity contribution in [3.8, 4) is 0 Å². The number of rotatable bonds is 15. The highest BCUT2D eigenvalue weighted by atomic mass is 127. The second-order valence-electron chi connectivity index (χ2n) is 7.29. The summed E-state index contributed by atoms with van der Waals surface area (Å²) in [6.45, 7) is 0.0220. The zero-order chi connectivity index (χ0) is 25.6. The Labute approximate surface area is 189 Å². The van der Waals surface area contributed by atoms with Gasteiger partial charge in [0.25, 0.3) is 0 Å². The van der Waals surface area contributed by atoms with E-state index in [0.29, 0.717) is 19.3 Å². The first-order valence-electron chi connectivity index (χ1n) is 9.41. The minimum Gasteiger partial charge on any atom is -0.396 e. The molecule has 194 valence electrons. The summed E-state index contributed by atoms with van der Waals surface area (Å²) in [6.07, 6.45) is -5.71. The van der Waals surface area contributed by atoms with Crippen molar-refractivity contribution in [3.63, 3.8) is 0 Å². The lowest BCUT2D eigenvalue weighted by Gasteiger charge is -2.40. The third-order valence-electron chi connectivity index (χ3n) is 4.65. The number of aliphatic hydroxyl groups excluding tert-OH is 1. The molecule has 0 rings (SSSR count). The van der Waals surface area contributed by atoms with Gasteiger partial charge in [0.05, 0.1) is 0 Å². The van der Waals surface area contributed by atoms with Crippen LogP contribution in [0.5, 0.6) is 0 Å². The molecule has 0 aromatic heterocycles. The Balaban J connectivity index is 5.15. The van der Waals surface area contributed by atoms with Crippen molar-refractivity contribution in [1.29, 1.82) is 0 Å². The smallest absolute Gasteiger partial charge is 0.396 e. The molecule has 0 bridgehead atoms. The summed E-state index contributed by atoms with van der Waals surface area (Å²) >= 11 is 1.16. The van der Waals surface area contributed by atoms with E-state index in [1.807, 2.05) is 0 Å². The van der Waals surface area contributed by atoms with E-state index in [1.54, 1.807) is 0 Å². The lowest BCUT2D eigenvalue weighted by atomic mass is 9.91. The molecule has 0 aliphatic carbocycles. The van der Waals surface area contributed by atoms with Crippen LogP contribution in [0.1, 0.15) is 57.8 Å². The first-order valence-corrected chi connectivity index (χ1v) is 10.7. The second kappa shape index (κ2) is 11.5. The van der Waals surface area contributed by atoms with Gasteiger partial charge in [0, 0.05) is 17.0 Å². The lowest BCUT2D eigenvalue weighted by molar-refractivity contribution is -0.440. The van der Waals surface area contributed by atoms with Gasteiger partial charge in [0.15, 0.2) is 0 Å². The van der Waals surface area contributed by atoms with Gasteiger partial charge in [-0.3, -0.25) is 0 Å². The first-order chi connectivity index (χ1) is 14.2. The summed E-state index contributed by atoms with van der Waals surface area (Å²) < 4.78 is 168. The van der Waals surface area contributed by atoms with Gasteiger partial charge in [-0.05, 0) is 12.8 Å². The number of hydrogen-bond acceptors (Lipinski definition) is 1. The first kappa shape index (κ1) is 31.8. The summed E-state index contributed by atoms with van der Waals surface area (Å²) in [5.41, 5.74) is 0. The number of alkyl halides is 14. The van der Waals surface area contributed by atoms with Crippen molar-refractivity contribution in [3.05, 3.63) is 0 Å². The number of unbranched alkanes of at least 4 members (excludes halogenated alkanes) is 6. The fraction of sp³-hybridized carbons (Fsp3) is 1.00. The van der Waals surface area contributed by atoms with Crippen molar-refractivity contribution in [1.82, 2.24) is 0 Å². The van der Waals surface area contributed by atoms with Crippen LogP contribution < -0.4 is 0 Å². The molecule has 0 aliphatic rings. The molecule has 0 spiro atoms. The van der Waals surface area contributed by atoms with Crippen LogP contribution in [0.4, 0.5) is 57.1 Å². The molecule has 1 unspecified atom stereocenters. The Morgan fingerprint density at radius 1 is 0.531 bits per heavy atom. The minimum atomic E-state index is -7.85. The maximum Gasteiger partial charge on any atom is 0.460 e. The van der Waals surface area contributed by atoms with Gasteiger partial charge in [-0.25, -0.2) is 0 Å². The highest BCUT2D eigenvalue weighted by molar-refractivity contribution is 14.1. The number of aliphatic hydroxyl groups is 1. The van der Waals surface area contributed by atoms with Crippen LogP contribution in [0.2, 0.25) is 0 Å². The van der Waals surface area contributed by atoms with E-state index in [2.05, 4.69) is 0 Å². The van der Waals surface area contributed by atoms with E-state index in [9.17, 15) is 57.1 Å². The van der Waals surface area contributed by atoms with Crippen LogP contribution in [-0.4, -0.2) is 51.4 Å². The Hall–Kier alpha value is -0.220. The molecule has 32 heavy (non-hydrogen) atoms. The van der Waals surface area contributed by atoms with Crippen LogP contribution >= 0.6 is 22.6 Å². The zero-order valence-corrected chi connectivity index (χ0v) is 18.5. The summed E-state index contributed by atoms with van der Waals surface area (Å²) in [7, 11) is 0. The molecular weight excluding hydrogens is 594 g/mol. The summed E-state index contributed by atoms with van der Waals surface area (Å²) in [5, 5.41) is 8.60. The fourth-order valence-electron chi connectivity index (χ4n) is 2.67. The molecule has 15 heteroatoms. The summed E-state index contributed by atoms with van der Waals surface area (Å²) in [5.74, 6) is -36.5. The van der Waals surface area contributed by atoms with Crippen LogP contribution in [0.3, 0.4) is 0 Å². The van der Waals surface area contributed by atoms with E-state index in [-0.39, 0.29) is 19.4 Å². The lowest BCUT2D eigenvalue weighted by Crippen LogP contribution is -2.70. The van der Waals surface area contributed by atoms with Gasteiger partial charge in [-0.2, -0.15) is 57.1 Å². The molecule has 1 nitrogen and oxygen atoms in total. The van der Waals surface area contributed by atoms with Crippen molar-refractivity contribution in [2.24, 2.45) is 0 Å². The highest BCUT2D eigenvalue weighted by Crippen LogP contribution is 2.61. The molecule has 0 aromatic rings. The quantitative estimate of drug-likeness (QED) is 0.0856. The maximum absolute atomic E-state index is 13.8. The van der Waals surface area contributed by atoms with E-state index in [4.69, 9.17) is 5.11 Å². The average Bonchev–Trinajstić information content (AvgIpc) is 2.61. The summed E-state index contributed by atoms with van der Waals surface area (Å²) in [4.78, 5) is 0. The molecular formula is C17H22F13IO. The molecule has 1 atom stereocenters. The van der Waals surface area contributed by atoms with Crippen molar-refractivity contribution in [2.45, 2.75) is 97.5 Å². The van der Waals surface area contributed by atoms with Crippen molar-refractivity contribution >= 4 is 22.6 Å². The second-order valence-corrected chi connectivity index (χ2v) is 9.05. The van der Waals surface area contributed by atoms with E-state index < -0.39 is 46.1 Å². The zero-order valence-electron chi connectivity index (χ0n) is 16.4.